The van der Waals surface area contributed by atoms with Crippen LogP contribution in [0.25, 0.3) is 0 Å². The Morgan fingerprint density at radius 1 is 1.26 bits per heavy atom. The Morgan fingerprint density at radius 3 is 2.78 bits per heavy atom. The molecular formula is C20H27N5O2. The molecule has 2 N–H and O–H groups in total. The number of rotatable bonds is 7. The van der Waals surface area contributed by atoms with Crippen molar-refractivity contribution in [2.45, 2.75) is 18.4 Å². The Morgan fingerprint density at radius 2 is 2.07 bits per heavy atom. The third kappa shape index (κ3) is 4.31. The van der Waals surface area contributed by atoms with Crippen molar-refractivity contribution in [3.05, 3.63) is 42.1 Å². The largest absolute Gasteiger partial charge is 0.389 e. The molecule has 2 fully saturated rings. The molecule has 2 saturated heterocycles. The van der Waals surface area contributed by atoms with Gasteiger partial charge < -0.3 is 25.0 Å². The van der Waals surface area contributed by atoms with Gasteiger partial charge in [-0.15, -0.1) is 0 Å². The highest BCUT2D eigenvalue weighted by atomic mass is 16.5. The van der Waals surface area contributed by atoms with Crippen molar-refractivity contribution in [1.29, 1.82) is 0 Å². The number of likely N-dealkylation sites (N-methyl/N-ethyl adjacent to an activating group) is 1. The van der Waals surface area contributed by atoms with Gasteiger partial charge in [-0.2, -0.15) is 4.98 Å². The van der Waals surface area contributed by atoms with E-state index in [2.05, 4.69) is 34.4 Å². The average Bonchev–Trinajstić information content (AvgIpc) is 3.21. The summed E-state index contributed by atoms with van der Waals surface area (Å²) in [6, 6.07) is 12.4. The summed E-state index contributed by atoms with van der Waals surface area (Å²) in [5.74, 6) is 1.86. The summed E-state index contributed by atoms with van der Waals surface area (Å²) in [6.07, 6.45) is 0.720. The van der Waals surface area contributed by atoms with Crippen LogP contribution in [0.15, 0.2) is 36.4 Å². The number of nitrogens with zero attached hydrogens (tertiary/aromatic N) is 4. The van der Waals surface area contributed by atoms with Crippen LogP contribution in [0.3, 0.4) is 0 Å². The zero-order valence-corrected chi connectivity index (χ0v) is 15.7. The van der Waals surface area contributed by atoms with Gasteiger partial charge in [0.2, 0.25) is 5.95 Å². The molecule has 7 nitrogen and oxygen atoms in total. The number of anilines is 3. The first-order valence-electron chi connectivity index (χ1n) is 9.59. The van der Waals surface area contributed by atoms with Crippen molar-refractivity contribution in [3.63, 3.8) is 0 Å². The average molecular weight is 369 g/mol. The molecule has 7 heteroatoms. The first kappa shape index (κ1) is 18.0. The number of aromatic nitrogens is 2. The number of aliphatic hydroxyl groups is 1. The van der Waals surface area contributed by atoms with Crippen LogP contribution in [0, 0.1) is 0 Å². The Balaban J connectivity index is 1.42. The van der Waals surface area contributed by atoms with Gasteiger partial charge in [0.15, 0.2) is 0 Å². The normalized spacial score (nSPS) is 19.8. The molecule has 27 heavy (non-hydrogen) atoms. The molecule has 2 aromatic rings. The van der Waals surface area contributed by atoms with Gasteiger partial charge in [0, 0.05) is 57.5 Å². The lowest BCUT2D eigenvalue weighted by molar-refractivity contribution is 0.140. The van der Waals surface area contributed by atoms with Gasteiger partial charge in [-0.3, -0.25) is 0 Å². The maximum Gasteiger partial charge on any atom is 0.227 e. The molecule has 1 aromatic carbocycles. The quantitative estimate of drug-likeness (QED) is 0.770. The summed E-state index contributed by atoms with van der Waals surface area (Å²) in [6.45, 7) is 4.35. The SMILES string of the molecule is CN(CCNc1cc([C@H]2CCOC2)nc(N2CC(O)C2)n1)c1ccccc1. The zero-order chi connectivity index (χ0) is 18.6. The molecule has 4 rings (SSSR count). The molecule has 1 aromatic heterocycles. The van der Waals surface area contributed by atoms with E-state index in [0.29, 0.717) is 25.0 Å². The number of hydrogen-bond acceptors (Lipinski definition) is 7. The first-order chi connectivity index (χ1) is 13.2. The van der Waals surface area contributed by atoms with Crippen LogP contribution in [0.4, 0.5) is 17.5 Å². The molecule has 1 atom stereocenters. The van der Waals surface area contributed by atoms with Crippen molar-refractivity contribution in [3.8, 4) is 0 Å². The lowest BCUT2D eigenvalue weighted by atomic mass is 10.0. The van der Waals surface area contributed by atoms with E-state index in [0.717, 1.165) is 44.2 Å². The molecule has 3 heterocycles. The van der Waals surface area contributed by atoms with E-state index in [1.807, 2.05) is 29.2 Å². The maximum absolute atomic E-state index is 9.60. The van der Waals surface area contributed by atoms with Crippen molar-refractivity contribution in [2.24, 2.45) is 0 Å². The highest BCUT2D eigenvalue weighted by Gasteiger charge is 2.28. The standard InChI is InChI=1S/C20H27N5O2/c1-24(16-5-3-2-4-6-16)9-8-21-19-11-18(15-7-10-27-14-15)22-20(23-19)25-12-17(26)13-25/h2-6,11,15,17,26H,7-10,12-14H2,1H3,(H,21,22,23)/t15-/m0/s1. The van der Waals surface area contributed by atoms with E-state index in [9.17, 15) is 5.11 Å². The van der Waals surface area contributed by atoms with E-state index < -0.39 is 0 Å². The second-order valence-electron chi connectivity index (χ2n) is 7.28. The second kappa shape index (κ2) is 8.10. The van der Waals surface area contributed by atoms with E-state index >= 15 is 0 Å². The predicted octanol–water partition coefficient (Wildman–Crippen LogP) is 1.71. The lowest BCUT2D eigenvalue weighted by Gasteiger charge is -2.36. The Labute approximate surface area is 160 Å². The highest BCUT2D eigenvalue weighted by molar-refractivity contribution is 5.48. The number of para-hydroxylation sites is 1. The summed E-state index contributed by atoms with van der Waals surface area (Å²) in [5, 5.41) is 13.0. The fourth-order valence-corrected chi connectivity index (χ4v) is 3.44. The predicted molar refractivity (Wildman–Crippen MR) is 107 cm³/mol. The molecule has 0 spiro atoms. The minimum absolute atomic E-state index is 0.275. The molecule has 0 bridgehead atoms. The molecule has 0 aliphatic carbocycles. The van der Waals surface area contributed by atoms with E-state index in [-0.39, 0.29) is 6.10 Å². The number of β-amino-alcohol motifs (C(OH)–C–C–N with tert-alkyl or cyclic N) is 1. The van der Waals surface area contributed by atoms with Crippen LogP contribution in [0.1, 0.15) is 18.0 Å². The molecule has 0 radical (unpaired) electrons. The monoisotopic (exact) mass is 369 g/mol. The van der Waals surface area contributed by atoms with Gasteiger partial charge in [0.25, 0.3) is 0 Å². The van der Waals surface area contributed by atoms with Crippen molar-refractivity contribution in [1.82, 2.24) is 9.97 Å². The van der Waals surface area contributed by atoms with Crippen molar-refractivity contribution < 1.29 is 9.84 Å². The number of aliphatic hydroxyl groups excluding tert-OH is 1. The van der Waals surface area contributed by atoms with Crippen LogP contribution in [-0.2, 0) is 4.74 Å². The van der Waals surface area contributed by atoms with E-state index in [4.69, 9.17) is 9.72 Å². The van der Waals surface area contributed by atoms with Gasteiger partial charge in [-0.25, -0.2) is 4.98 Å². The van der Waals surface area contributed by atoms with Crippen molar-refractivity contribution >= 4 is 17.5 Å². The van der Waals surface area contributed by atoms with Crippen LogP contribution in [-0.4, -0.2) is 67.6 Å². The molecule has 2 aliphatic heterocycles. The molecule has 0 unspecified atom stereocenters. The van der Waals surface area contributed by atoms with E-state index in [1.165, 1.54) is 5.69 Å². The molecule has 144 valence electrons. The minimum atomic E-state index is -0.275. The Bertz CT molecular complexity index is 745. The molecular weight excluding hydrogens is 342 g/mol. The van der Waals surface area contributed by atoms with Crippen LogP contribution in [0.2, 0.25) is 0 Å². The van der Waals surface area contributed by atoms with Crippen LogP contribution in [0.5, 0.6) is 0 Å². The number of nitrogens with one attached hydrogen (secondary N) is 1. The van der Waals surface area contributed by atoms with Crippen LogP contribution >= 0.6 is 0 Å². The molecule has 2 aliphatic rings. The minimum Gasteiger partial charge on any atom is -0.389 e. The summed E-state index contributed by atoms with van der Waals surface area (Å²) in [7, 11) is 2.09. The fourth-order valence-electron chi connectivity index (χ4n) is 3.44. The summed E-state index contributed by atoms with van der Waals surface area (Å²) in [4.78, 5) is 13.6. The molecule has 0 saturated carbocycles. The topological polar surface area (TPSA) is 73.8 Å². The Kier molecular flexibility index (Phi) is 5.40. The summed E-state index contributed by atoms with van der Waals surface area (Å²) >= 11 is 0. The fraction of sp³-hybridized carbons (Fsp3) is 0.500. The van der Waals surface area contributed by atoms with Crippen LogP contribution < -0.4 is 15.1 Å². The van der Waals surface area contributed by atoms with E-state index in [1.54, 1.807) is 0 Å². The van der Waals surface area contributed by atoms with Gasteiger partial charge >= 0.3 is 0 Å². The zero-order valence-electron chi connectivity index (χ0n) is 15.7. The second-order valence-corrected chi connectivity index (χ2v) is 7.28. The highest BCUT2D eigenvalue weighted by Crippen LogP contribution is 2.28. The van der Waals surface area contributed by atoms with Gasteiger partial charge in [-0.1, -0.05) is 18.2 Å². The molecule has 0 amide bonds. The number of hydrogen-bond donors (Lipinski definition) is 2. The first-order valence-corrected chi connectivity index (χ1v) is 9.59. The van der Waals surface area contributed by atoms with Gasteiger partial charge in [0.05, 0.1) is 18.4 Å². The van der Waals surface area contributed by atoms with Crippen molar-refractivity contribution in [2.75, 3.05) is 61.6 Å². The number of benzene rings is 1. The summed E-state index contributed by atoms with van der Waals surface area (Å²) in [5.41, 5.74) is 2.22. The third-order valence-corrected chi connectivity index (χ3v) is 5.18. The maximum atomic E-state index is 9.60. The number of ether oxygens (including phenoxy) is 1. The smallest absolute Gasteiger partial charge is 0.227 e. The third-order valence-electron chi connectivity index (χ3n) is 5.18. The Hall–Kier alpha value is -2.38. The lowest BCUT2D eigenvalue weighted by Crippen LogP contribution is -2.51. The van der Waals surface area contributed by atoms with Gasteiger partial charge in [-0.05, 0) is 18.6 Å². The van der Waals surface area contributed by atoms with Gasteiger partial charge in [0.1, 0.15) is 5.82 Å². The summed E-state index contributed by atoms with van der Waals surface area (Å²) < 4.78 is 5.53.